The first-order valence-electron chi connectivity index (χ1n) is 8.37. The molecule has 11 heteroatoms. The number of sulfonamides is 1. The summed E-state index contributed by atoms with van der Waals surface area (Å²) in [5.41, 5.74) is 2.29. The SMILES string of the molecule is O=[N+]([O-])c1cc(S(=O)(=O)Nc2ccc(Cl)cc2)ccc1N/N=C\c1ccccc1F. The van der Waals surface area contributed by atoms with Gasteiger partial charge in [-0.25, -0.2) is 12.8 Å². The standard InChI is InChI=1S/C19H14ClFN4O4S/c20-14-5-7-15(8-6-14)24-30(28,29)16-9-10-18(19(11-16)25(26)27)23-22-12-13-3-1-2-4-17(13)21/h1-12,23-24H/b22-12-. The summed E-state index contributed by atoms with van der Waals surface area (Å²) in [6.07, 6.45) is 1.16. The summed E-state index contributed by atoms with van der Waals surface area (Å²) < 4.78 is 41.0. The van der Waals surface area contributed by atoms with Crippen LogP contribution in [0.15, 0.2) is 76.7 Å². The topological polar surface area (TPSA) is 114 Å². The van der Waals surface area contributed by atoms with Crippen LogP contribution in [-0.4, -0.2) is 19.6 Å². The largest absolute Gasteiger partial charge is 0.295 e. The summed E-state index contributed by atoms with van der Waals surface area (Å²) in [7, 11) is -4.08. The van der Waals surface area contributed by atoms with E-state index in [1.807, 2.05) is 0 Å². The summed E-state index contributed by atoms with van der Waals surface area (Å²) in [4.78, 5) is 10.3. The molecule has 30 heavy (non-hydrogen) atoms. The molecule has 3 aromatic rings. The molecule has 0 unspecified atom stereocenters. The smallest absolute Gasteiger partial charge is 0.280 e. The molecule has 0 fully saturated rings. The van der Waals surface area contributed by atoms with Crippen molar-refractivity contribution in [2.45, 2.75) is 4.90 Å². The Morgan fingerprint density at radius 1 is 1.07 bits per heavy atom. The minimum atomic E-state index is -4.08. The van der Waals surface area contributed by atoms with Gasteiger partial charge in [-0.1, -0.05) is 29.8 Å². The number of benzene rings is 3. The van der Waals surface area contributed by atoms with E-state index >= 15 is 0 Å². The molecule has 0 saturated carbocycles. The highest BCUT2D eigenvalue weighted by Crippen LogP contribution is 2.28. The lowest BCUT2D eigenvalue weighted by molar-refractivity contribution is -0.384. The van der Waals surface area contributed by atoms with Gasteiger partial charge in [0.1, 0.15) is 11.5 Å². The summed E-state index contributed by atoms with van der Waals surface area (Å²) >= 11 is 5.77. The van der Waals surface area contributed by atoms with Gasteiger partial charge in [0.05, 0.1) is 16.0 Å². The number of hydrogen-bond donors (Lipinski definition) is 2. The first kappa shape index (κ1) is 21.2. The van der Waals surface area contributed by atoms with E-state index in [0.717, 1.165) is 12.3 Å². The van der Waals surface area contributed by atoms with Crippen molar-refractivity contribution < 1.29 is 17.7 Å². The van der Waals surface area contributed by atoms with Gasteiger partial charge >= 0.3 is 0 Å². The van der Waals surface area contributed by atoms with E-state index in [2.05, 4.69) is 15.2 Å². The van der Waals surface area contributed by atoms with Crippen LogP contribution < -0.4 is 10.1 Å². The maximum Gasteiger partial charge on any atom is 0.295 e. The zero-order valence-corrected chi connectivity index (χ0v) is 16.7. The quantitative estimate of drug-likeness (QED) is 0.310. The molecule has 154 valence electrons. The number of hydrogen-bond acceptors (Lipinski definition) is 6. The monoisotopic (exact) mass is 448 g/mol. The van der Waals surface area contributed by atoms with Crippen molar-refractivity contribution in [1.29, 1.82) is 0 Å². The molecule has 0 aliphatic heterocycles. The molecule has 0 spiro atoms. The third-order valence-corrected chi connectivity index (χ3v) is 5.50. The molecule has 0 amide bonds. The molecule has 2 N–H and O–H groups in total. The second-order valence-electron chi connectivity index (χ2n) is 5.94. The van der Waals surface area contributed by atoms with Crippen LogP contribution in [-0.2, 0) is 10.0 Å². The van der Waals surface area contributed by atoms with Gasteiger partial charge in [0.15, 0.2) is 0 Å². The van der Waals surface area contributed by atoms with Gasteiger partial charge in [-0.05, 0) is 42.5 Å². The molecule has 0 aliphatic rings. The Labute approximate surface area is 176 Å². The fraction of sp³-hybridized carbons (Fsp3) is 0. The van der Waals surface area contributed by atoms with E-state index in [1.54, 1.807) is 6.07 Å². The average Bonchev–Trinajstić information content (AvgIpc) is 2.71. The molecule has 3 aromatic carbocycles. The van der Waals surface area contributed by atoms with E-state index in [4.69, 9.17) is 11.6 Å². The lowest BCUT2D eigenvalue weighted by Crippen LogP contribution is -2.13. The molecule has 0 radical (unpaired) electrons. The average molecular weight is 449 g/mol. The second kappa shape index (κ2) is 8.89. The lowest BCUT2D eigenvalue weighted by atomic mass is 10.2. The fourth-order valence-electron chi connectivity index (χ4n) is 2.41. The number of nitrogens with zero attached hydrogens (tertiary/aromatic N) is 2. The summed E-state index contributed by atoms with van der Waals surface area (Å²) in [5, 5.41) is 15.6. The Balaban J connectivity index is 1.85. The maximum absolute atomic E-state index is 13.6. The van der Waals surface area contributed by atoms with Crippen LogP contribution >= 0.6 is 11.6 Å². The molecular formula is C19H14ClFN4O4S. The number of rotatable bonds is 7. The van der Waals surface area contributed by atoms with Crippen LogP contribution in [0, 0.1) is 15.9 Å². The number of anilines is 2. The predicted molar refractivity (Wildman–Crippen MR) is 113 cm³/mol. The van der Waals surface area contributed by atoms with Crippen LogP contribution in [0.5, 0.6) is 0 Å². The molecule has 0 aromatic heterocycles. The van der Waals surface area contributed by atoms with Gasteiger partial charge < -0.3 is 0 Å². The Bertz CT molecular complexity index is 1220. The van der Waals surface area contributed by atoms with Crippen molar-refractivity contribution in [1.82, 2.24) is 0 Å². The van der Waals surface area contributed by atoms with E-state index < -0.39 is 26.5 Å². The Morgan fingerprint density at radius 3 is 2.43 bits per heavy atom. The first-order valence-corrected chi connectivity index (χ1v) is 10.2. The number of nitrogens with one attached hydrogen (secondary N) is 2. The lowest BCUT2D eigenvalue weighted by Gasteiger charge is -2.09. The van der Waals surface area contributed by atoms with Crippen LogP contribution in [0.25, 0.3) is 0 Å². The second-order valence-corrected chi connectivity index (χ2v) is 8.06. The van der Waals surface area contributed by atoms with Crippen molar-refractivity contribution >= 4 is 44.9 Å². The van der Waals surface area contributed by atoms with Crippen molar-refractivity contribution in [3.8, 4) is 0 Å². The maximum atomic E-state index is 13.6. The summed E-state index contributed by atoms with van der Waals surface area (Å²) in [5.74, 6) is -0.507. The minimum Gasteiger partial charge on any atom is -0.280 e. The van der Waals surface area contributed by atoms with Gasteiger partial charge in [0.2, 0.25) is 0 Å². The number of hydrazone groups is 1. The summed E-state index contributed by atoms with van der Waals surface area (Å²) in [6, 6.07) is 15.1. The van der Waals surface area contributed by atoms with Crippen molar-refractivity contribution in [2.75, 3.05) is 10.1 Å². The fourth-order valence-corrected chi connectivity index (χ4v) is 3.61. The zero-order chi connectivity index (χ0) is 21.7. The molecule has 0 bridgehead atoms. The third kappa shape index (κ3) is 5.10. The van der Waals surface area contributed by atoms with E-state index in [1.165, 1.54) is 54.6 Å². The molecule has 0 atom stereocenters. The van der Waals surface area contributed by atoms with Crippen molar-refractivity contribution in [3.63, 3.8) is 0 Å². The molecule has 3 rings (SSSR count). The minimum absolute atomic E-state index is 0.0574. The van der Waals surface area contributed by atoms with Gasteiger partial charge in [0.25, 0.3) is 15.7 Å². The van der Waals surface area contributed by atoms with E-state index in [-0.39, 0.29) is 21.8 Å². The number of nitro benzene ring substituents is 1. The number of halogens is 2. The zero-order valence-electron chi connectivity index (χ0n) is 15.1. The van der Waals surface area contributed by atoms with E-state index in [9.17, 15) is 22.9 Å². The first-order chi connectivity index (χ1) is 14.3. The van der Waals surface area contributed by atoms with Crippen molar-refractivity contribution in [2.24, 2.45) is 5.10 Å². The van der Waals surface area contributed by atoms with Crippen LogP contribution in [0.3, 0.4) is 0 Å². The summed E-state index contributed by atoms with van der Waals surface area (Å²) in [6.45, 7) is 0. The number of nitro groups is 1. The molecule has 0 heterocycles. The van der Waals surface area contributed by atoms with E-state index in [0.29, 0.717) is 5.02 Å². The molecule has 0 aliphatic carbocycles. The Kier molecular flexibility index (Phi) is 6.28. The normalized spacial score (nSPS) is 11.4. The highest BCUT2D eigenvalue weighted by molar-refractivity contribution is 7.92. The van der Waals surface area contributed by atoms with Crippen LogP contribution in [0.1, 0.15) is 5.56 Å². The highest BCUT2D eigenvalue weighted by atomic mass is 35.5. The predicted octanol–water partition coefficient (Wildman–Crippen LogP) is 4.63. The Hall–Kier alpha value is -3.50. The third-order valence-electron chi connectivity index (χ3n) is 3.87. The van der Waals surface area contributed by atoms with Gasteiger partial charge in [0, 0.05) is 22.3 Å². The highest BCUT2D eigenvalue weighted by Gasteiger charge is 2.21. The van der Waals surface area contributed by atoms with Gasteiger partial charge in [-0.15, -0.1) is 0 Å². The van der Waals surface area contributed by atoms with Gasteiger partial charge in [-0.3, -0.25) is 20.3 Å². The Morgan fingerprint density at radius 2 is 1.77 bits per heavy atom. The van der Waals surface area contributed by atoms with Crippen LogP contribution in [0.4, 0.5) is 21.5 Å². The molecule has 8 nitrogen and oxygen atoms in total. The van der Waals surface area contributed by atoms with Crippen LogP contribution in [0.2, 0.25) is 5.02 Å². The van der Waals surface area contributed by atoms with Gasteiger partial charge in [-0.2, -0.15) is 5.10 Å². The molecule has 0 saturated heterocycles. The van der Waals surface area contributed by atoms with Crippen molar-refractivity contribution in [3.05, 3.63) is 93.2 Å². The molecular weight excluding hydrogens is 435 g/mol.